The van der Waals surface area contributed by atoms with E-state index < -0.39 is 5.82 Å². The summed E-state index contributed by atoms with van der Waals surface area (Å²) in [6, 6.07) is 5.08. The minimum atomic E-state index is -0.592. The van der Waals surface area contributed by atoms with Crippen molar-refractivity contribution in [2.24, 2.45) is 0 Å². The monoisotopic (exact) mass is 574 g/mol. The van der Waals surface area contributed by atoms with Crippen LogP contribution in [0.1, 0.15) is 37.8 Å². The van der Waals surface area contributed by atoms with Gasteiger partial charge >= 0.3 is 0 Å². The average molecular weight is 575 g/mol. The number of likely N-dealkylation sites (tertiary alicyclic amines) is 1. The van der Waals surface area contributed by atoms with Gasteiger partial charge in [-0.1, -0.05) is 34.3 Å². The Bertz CT molecular complexity index is 1950. The second-order valence-electron chi connectivity index (χ2n) is 9.73. The number of nitrogens with zero attached hydrogens (tertiary/aromatic N) is 7. The van der Waals surface area contributed by atoms with E-state index in [0.29, 0.717) is 62.9 Å². The van der Waals surface area contributed by atoms with Crippen molar-refractivity contribution < 1.29 is 9.18 Å². The van der Waals surface area contributed by atoms with Crippen molar-refractivity contribution in [3.63, 3.8) is 0 Å². The van der Waals surface area contributed by atoms with E-state index in [-0.39, 0.29) is 40.5 Å². The van der Waals surface area contributed by atoms with Gasteiger partial charge in [-0.25, -0.2) is 9.07 Å². The lowest BCUT2D eigenvalue weighted by Crippen LogP contribution is -2.46. The van der Waals surface area contributed by atoms with Gasteiger partial charge in [0.1, 0.15) is 16.6 Å². The maximum atomic E-state index is 16.4. The average Bonchev–Trinajstić information content (AvgIpc) is 3.58. The first-order valence-corrected chi connectivity index (χ1v) is 13.3. The number of nitrogens with one attached hydrogen (secondary N) is 1. The number of piperidine rings is 1. The van der Waals surface area contributed by atoms with Crippen LogP contribution in [0.3, 0.4) is 0 Å². The van der Waals surface area contributed by atoms with E-state index in [2.05, 4.69) is 43.4 Å². The molecule has 1 saturated heterocycles. The molecule has 0 spiro atoms. The summed E-state index contributed by atoms with van der Waals surface area (Å²) in [5, 5.41) is 26.8. The maximum absolute atomic E-state index is 16.4. The Morgan fingerprint density at radius 2 is 2.05 bits per heavy atom. The molecule has 4 heterocycles. The number of carbonyl (C=O) groups is 1. The van der Waals surface area contributed by atoms with E-state index in [0.717, 1.165) is 0 Å². The zero-order valence-corrected chi connectivity index (χ0v) is 23.0. The number of aromatic nitrogens is 6. The zero-order valence-electron chi connectivity index (χ0n) is 21.5. The van der Waals surface area contributed by atoms with E-state index in [4.69, 9.17) is 23.2 Å². The van der Waals surface area contributed by atoms with Crippen LogP contribution in [0.2, 0.25) is 10.0 Å². The van der Waals surface area contributed by atoms with E-state index in [9.17, 15) is 10.1 Å². The second-order valence-corrected chi connectivity index (χ2v) is 10.5. The third kappa shape index (κ3) is 4.03. The van der Waals surface area contributed by atoms with Gasteiger partial charge in [-0.3, -0.25) is 14.9 Å². The fourth-order valence-corrected chi connectivity index (χ4v) is 6.15. The number of fused-ring (bicyclic) bond motifs is 4. The van der Waals surface area contributed by atoms with E-state index in [1.165, 1.54) is 6.20 Å². The standard InChI is InChI=1S/C28H21Cl2FN8O/c1-3-4-23(40)38-8-6-16(9-15(38)5-7-32)39-28-17-10-20(30)25(26(31)27(17)33-13-22(28)36-37-39)24-14(2)19(29)11-21-18(24)12-34-35-21/h10-13,15-16H,5-6,8-9H2,1-2H3,(H,34,35)/t15-,16+/m1/s1. The van der Waals surface area contributed by atoms with Gasteiger partial charge in [0.05, 0.1) is 41.5 Å². The number of benzene rings is 2. The summed E-state index contributed by atoms with van der Waals surface area (Å²) in [4.78, 5) is 18.6. The summed E-state index contributed by atoms with van der Waals surface area (Å²) < 4.78 is 18.1. The van der Waals surface area contributed by atoms with E-state index >= 15 is 4.39 Å². The van der Waals surface area contributed by atoms with Crippen LogP contribution in [-0.4, -0.2) is 53.6 Å². The van der Waals surface area contributed by atoms with Crippen molar-refractivity contribution in [3.05, 3.63) is 46.0 Å². The van der Waals surface area contributed by atoms with Crippen LogP contribution in [0.4, 0.5) is 4.39 Å². The van der Waals surface area contributed by atoms with Gasteiger partial charge in [0.2, 0.25) is 0 Å². The molecular formula is C28H21Cl2FN8O. The van der Waals surface area contributed by atoms with Gasteiger partial charge in [-0.05, 0) is 50.3 Å². The van der Waals surface area contributed by atoms with Gasteiger partial charge < -0.3 is 4.90 Å². The first kappa shape index (κ1) is 26.0. The number of pyridine rings is 1. The molecule has 3 aromatic heterocycles. The van der Waals surface area contributed by atoms with E-state index in [1.54, 1.807) is 41.8 Å². The molecule has 0 unspecified atom stereocenters. The van der Waals surface area contributed by atoms with Crippen LogP contribution in [0.15, 0.2) is 24.5 Å². The molecule has 1 fully saturated rings. The molecule has 0 bridgehead atoms. The molecule has 1 amide bonds. The molecule has 0 aliphatic carbocycles. The molecule has 6 rings (SSSR count). The Morgan fingerprint density at radius 1 is 1.23 bits per heavy atom. The number of rotatable bonds is 3. The molecule has 2 atom stereocenters. The van der Waals surface area contributed by atoms with Crippen LogP contribution in [0, 0.1) is 35.9 Å². The number of carbonyl (C=O) groups excluding carboxylic acids is 1. The van der Waals surface area contributed by atoms with Crippen molar-refractivity contribution in [1.82, 2.24) is 35.1 Å². The summed E-state index contributed by atoms with van der Waals surface area (Å²) in [6.07, 6.45) is 4.30. The molecule has 1 aliphatic rings. The van der Waals surface area contributed by atoms with Gasteiger partial charge in [0.15, 0.2) is 5.82 Å². The number of H-pyrrole nitrogens is 1. The predicted octanol–water partition coefficient (Wildman–Crippen LogP) is 5.75. The summed E-state index contributed by atoms with van der Waals surface area (Å²) in [5.74, 6) is 4.31. The molecule has 0 saturated carbocycles. The normalized spacial score (nSPS) is 17.2. The Kier molecular flexibility index (Phi) is 6.53. The van der Waals surface area contributed by atoms with Crippen LogP contribution in [-0.2, 0) is 4.79 Å². The van der Waals surface area contributed by atoms with Crippen molar-refractivity contribution in [1.29, 1.82) is 5.26 Å². The highest BCUT2D eigenvalue weighted by atomic mass is 35.5. The molecule has 0 radical (unpaired) electrons. The first-order valence-electron chi connectivity index (χ1n) is 12.6. The quantitative estimate of drug-likeness (QED) is 0.274. The molecule has 1 N–H and O–H groups in total. The lowest BCUT2D eigenvalue weighted by molar-refractivity contribution is -0.129. The van der Waals surface area contributed by atoms with Crippen molar-refractivity contribution in [2.45, 2.75) is 45.2 Å². The van der Waals surface area contributed by atoms with Gasteiger partial charge in [0.25, 0.3) is 5.91 Å². The van der Waals surface area contributed by atoms with Gasteiger partial charge in [-0.15, -0.1) is 5.10 Å². The third-order valence-electron chi connectivity index (χ3n) is 7.53. The molecule has 12 heteroatoms. The maximum Gasteiger partial charge on any atom is 0.298 e. The molecule has 9 nitrogen and oxygen atoms in total. The molecule has 5 aromatic rings. The predicted molar refractivity (Wildman–Crippen MR) is 150 cm³/mol. The minimum absolute atomic E-state index is 0.117. The molecule has 1 aliphatic heterocycles. The summed E-state index contributed by atoms with van der Waals surface area (Å²) in [7, 11) is 0. The smallest absolute Gasteiger partial charge is 0.298 e. The number of hydrogen-bond donors (Lipinski definition) is 1. The Morgan fingerprint density at radius 3 is 2.83 bits per heavy atom. The van der Waals surface area contributed by atoms with Crippen LogP contribution < -0.4 is 0 Å². The SMILES string of the molecule is CC#CC(=O)N1CC[C@H](n2nnc3cnc4c(F)c(-c5c(C)c(Cl)cc6[nH]ncc56)c(Cl)cc4c32)C[C@H]1CC#N. The summed E-state index contributed by atoms with van der Waals surface area (Å²) >= 11 is 13.3. The fraction of sp³-hybridized carbons (Fsp3) is 0.286. The summed E-state index contributed by atoms with van der Waals surface area (Å²) in [5.41, 5.74) is 3.24. The van der Waals surface area contributed by atoms with Crippen molar-refractivity contribution in [2.75, 3.05) is 6.54 Å². The topological polar surface area (TPSA) is 116 Å². The lowest BCUT2D eigenvalue weighted by atomic mass is 9.94. The van der Waals surface area contributed by atoms with Crippen molar-refractivity contribution >= 4 is 61.9 Å². The Balaban J connectivity index is 1.50. The van der Waals surface area contributed by atoms with Crippen LogP contribution in [0.5, 0.6) is 0 Å². The Hall–Kier alpha value is -4.25. The molecule has 2 aromatic carbocycles. The minimum Gasteiger partial charge on any atom is -0.328 e. The van der Waals surface area contributed by atoms with Crippen molar-refractivity contribution in [3.8, 4) is 29.0 Å². The fourth-order valence-electron chi connectivity index (χ4n) is 5.66. The largest absolute Gasteiger partial charge is 0.328 e. The molecule has 40 heavy (non-hydrogen) atoms. The highest BCUT2D eigenvalue weighted by molar-refractivity contribution is 6.36. The van der Waals surface area contributed by atoms with Crippen LogP contribution in [0.25, 0.3) is 44.0 Å². The Labute approximate surface area is 237 Å². The highest BCUT2D eigenvalue weighted by Gasteiger charge is 2.33. The lowest BCUT2D eigenvalue weighted by Gasteiger charge is -2.37. The number of hydrogen-bond acceptors (Lipinski definition) is 6. The van der Waals surface area contributed by atoms with Crippen LogP contribution >= 0.6 is 23.2 Å². The number of nitriles is 1. The van der Waals surface area contributed by atoms with E-state index in [1.807, 2.05) is 0 Å². The molecular weight excluding hydrogens is 554 g/mol. The number of amides is 1. The first-order chi connectivity index (χ1) is 19.3. The molecule has 200 valence electrons. The zero-order chi connectivity index (χ0) is 28.1. The van der Waals surface area contributed by atoms with Gasteiger partial charge in [0, 0.05) is 39.5 Å². The second kappa shape index (κ2) is 10.1. The summed E-state index contributed by atoms with van der Waals surface area (Å²) in [6.45, 7) is 3.81. The third-order valence-corrected chi connectivity index (χ3v) is 8.22. The van der Waals surface area contributed by atoms with Gasteiger partial charge in [-0.2, -0.15) is 10.4 Å². The highest BCUT2D eigenvalue weighted by Crippen LogP contribution is 2.43. The number of aromatic amines is 1. The number of halogens is 3.